The lowest BCUT2D eigenvalue weighted by Gasteiger charge is -2.13. The molecule has 1 amide bonds. The Hall–Kier alpha value is -3.94. The first kappa shape index (κ1) is 19.8. The molecule has 0 saturated carbocycles. The minimum absolute atomic E-state index is 0.00844. The number of hydrogen-bond donors (Lipinski definition) is 1. The number of anilines is 2. The second-order valence-electron chi connectivity index (χ2n) is 6.61. The molecule has 3 aromatic rings. The number of nitrogens with zero attached hydrogens (tertiary/aromatic N) is 4. The average Bonchev–Trinajstić information content (AvgIpc) is 3.13. The summed E-state index contributed by atoms with van der Waals surface area (Å²) in [5, 5.41) is 17.7. The number of nitrogens with one attached hydrogen (secondary N) is 1. The monoisotopic (exact) mass is 391 g/mol. The highest BCUT2D eigenvalue weighted by Crippen LogP contribution is 2.16. The maximum Gasteiger partial charge on any atom is 0.269 e. The third-order valence-electron chi connectivity index (χ3n) is 4.28. The summed E-state index contributed by atoms with van der Waals surface area (Å²) in [7, 11) is 3.97. The highest BCUT2D eigenvalue weighted by atomic mass is 16.6. The van der Waals surface area contributed by atoms with Crippen LogP contribution in [0.15, 0.2) is 66.9 Å². The van der Waals surface area contributed by atoms with Crippen LogP contribution < -0.4 is 10.2 Å². The predicted octanol–water partition coefficient (Wildman–Crippen LogP) is 3.56. The molecule has 0 unspecified atom stereocenters. The summed E-state index contributed by atoms with van der Waals surface area (Å²) < 4.78 is 1.71. The summed E-state index contributed by atoms with van der Waals surface area (Å²) in [4.78, 5) is 24.5. The van der Waals surface area contributed by atoms with Crippen LogP contribution in [0.25, 0.3) is 6.08 Å². The van der Waals surface area contributed by atoms with Gasteiger partial charge in [0.05, 0.1) is 17.7 Å². The molecule has 0 bridgehead atoms. The first-order valence-corrected chi connectivity index (χ1v) is 8.94. The SMILES string of the molecule is CN(C)c1ccc(Cn2nccc2NC(=O)/C=C/c2ccc([N+](=O)[O-])cc2)cc1. The Morgan fingerprint density at radius 3 is 2.45 bits per heavy atom. The molecule has 148 valence electrons. The number of carbonyl (C=O) groups is 1. The summed E-state index contributed by atoms with van der Waals surface area (Å²) in [6, 6.07) is 15.8. The maximum absolute atomic E-state index is 12.2. The molecule has 0 atom stereocenters. The molecule has 0 fully saturated rings. The van der Waals surface area contributed by atoms with Crippen molar-refractivity contribution in [2.75, 3.05) is 24.3 Å². The fourth-order valence-corrected chi connectivity index (χ4v) is 2.68. The Morgan fingerprint density at radius 2 is 1.83 bits per heavy atom. The van der Waals surface area contributed by atoms with Crippen molar-refractivity contribution in [1.29, 1.82) is 0 Å². The van der Waals surface area contributed by atoms with Crippen LogP contribution in [0, 0.1) is 10.1 Å². The molecule has 0 spiro atoms. The van der Waals surface area contributed by atoms with Gasteiger partial charge >= 0.3 is 0 Å². The predicted molar refractivity (Wildman–Crippen MR) is 113 cm³/mol. The number of benzene rings is 2. The molecule has 3 rings (SSSR count). The third kappa shape index (κ3) is 5.29. The van der Waals surface area contributed by atoms with Gasteiger partial charge in [-0.1, -0.05) is 12.1 Å². The second-order valence-corrected chi connectivity index (χ2v) is 6.61. The van der Waals surface area contributed by atoms with Gasteiger partial charge in [-0.2, -0.15) is 5.10 Å². The van der Waals surface area contributed by atoms with Crippen molar-refractivity contribution < 1.29 is 9.72 Å². The van der Waals surface area contributed by atoms with Crippen molar-refractivity contribution in [2.45, 2.75) is 6.54 Å². The van der Waals surface area contributed by atoms with E-state index in [1.807, 2.05) is 43.3 Å². The minimum atomic E-state index is -0.463. The van der Waals surface area contributed by atoms with Crippen LogP contribution in [0.3, 0.4) is 0 Å². The topological polar surface area (TPSA) is 93.3 Å². The number of nitro groups is 1. The van der Waals surface area contributed by atoms with E-state index in [4.69, 9.17) is 0 Å². The first-order valence-electron chi connectivity index (χ1n) is 8.94. The van der Waals surface area contributed by atoms with E-state index in [0.717, 1.165) is 11.3 Å². The van der Waals surface area contributed by atoms with Crippen molar-refractivity contribution >= 4 is 29.2 Å². The molecule has 1 heterocycles. The normalized spacial score (nSPS) is 10.8. The summed E-state index contributed by atoms with van der Waals surface area (Å²) in [6.07, 6.45) is 4.61. The van der Waals surface area contributed by atoms with Crippen LogP contribution in [-0.2, 0) is 11.3 Å². The lowest BCUT2D eigenvalue weighted by molar-refractivity contribution is -0.384. The molecule has 8 nitrogen and oxygen atoms in total. The molecule has 0 saturated heterocycles. The number of hydrogen-bond acceptors (Lipinski definition) is 5. The molecule has 1 aromatic heterocycles. The highest BCUT2D eigenvalue weighted by molar-refractivity contribution is 6.01. The molecular formula is C21H21N5O3. The van der Waals surface area contributed by atoms with Crippen LogP contribution in [0.2, 0.25) is 0 Å². The molecular weight excluding hydrogens is 370 g/mol. The van der Waals surface area contributed by atoms with Crippen molar-refractivity contribution in [3.05, 3.63) is 88.1 Å². The zero-order chi connectivity index (χ0) is 20.8. The Kier molecular flexibility index (Phi) is 6.03. The van der Waals surface area contributed by atoms with Crippen molar-refractivity contribution in [3.8, 4) is 0 Å². The van der Waals surface area contributed by atoms with Gasteiger partial charge in [0.15, 0.2) is 0 Å². The summed E-state index contributed by atoms with van der Waals surface area (Å²) in [5.74, 6) is 0.271. The molecule has 8 heteroatoms. The Balaban J connectivity index is 1.62. The largest absolute Gasteiger partial charge is 0.378 e. The molecule has 2 aromatic carbocycles. The van der Waals surface area contributed by atoms with Gasteiger partial charge in [-0.05, 0) is 41.5 Å². The lowest BCUT2D eigenvalue weighted by Crippen LogP contribution is -2.14. The van der Waals surface area contributed by atoms with E-state index in [2.05, 4.69) is 10.4 Å². The van der Waals surface area contributed by atoms with E-state index in [9.17, 15) is 14.9 Å². The first-order chi connectivity index (χ1) is 13.9. The van der Waals surface area contributed by atoms with E-state index in [-0.39, 0.29) is 11.6 Å². The van der Waals surface area contributed by atoms with Gasteiger partial charge < -0.3 is 10.2 Å². The number of nitro benzene ring substituents is 1. The van der Waals surface area contributed by atoms with Gasteiger partial charge in [0.1, 0.15) is 5.82 Å². The number of rotatable bonds is 7. The highest BCUT2D eigenvalue weighted by Gasteiger charge is 2.07. The molecule has 0 radical (unpaired) electrons. The quantitative estimate of drug-likeness (QED) is 0.378. The van der Waals surface area contributed by atoms with E-state index >= 15 is 0 Å². The smallest absolute Gasteiger partial charge is 0.269 e. The van der Waals surface area contributed by atoms with E-state index in [0.29, 0.717) is 17.9 Å². The second kappa shape index (κ2) is 8.83. The van der Waals surface area contributed by atoms with Crippen LogP contribution in [0.4, 0.5) is 17.2 Å². The van der Waals surface area contributed by atoms with Crippen molar-refractivity contribution in [2.24, 2.45) is 0 Å². The summed E-state index contributed by atoms with van der Waals surface area (Å²) >= 11 is 0. The molecule has 0 aliphatic rings. The molecule has 0 aliphatic carbocycles. The van der Waals surface area contributed by atoms with Gasteiger partial charge in [0.2, 0.25) is 5.91 Å². The van der Waals surface area contributed by atoms with Crippen molar-refractivity contribution in [3.63, 3.8) is 0 Å². The minimum Gasteiger partial charge on any atom is -0.378 e. The zero-order valence-corrected chi connectivity index (χ0v) is 16.1. The average molecular weight is 391 g/mol. The standard InChI is InChI=1S/C21H21N5O3/c1-24(2)18-8-5-17(6-9-18)15-25-20(13-14-22-25)23-21(27)12-7-16-3-10-19(11-4-16)26(28)29/h3-14H,15H2,1-2H3,(H,23,27)/b12-7+. The number of non-ortho nitro benzene ring substituents is 1. The fourth-order valence-electron chi connectivity index (χ4n) is 2.68. The van der Waals surface area contributed by atoms with Gasteiger partial charge in [-0.15, -0.1) is 0 Å². The van der Waals surface area contributed by atoms with Gasteiger partial charge in [-0.3, -0.25) is 14.9 Å². The number of carbonyl (C=O) groups excluding carboxylic acids is 1. The fraction of sp³-hybridized carbons (Fsp3) is 0.143. The van der Waals surface area contributed by atoms with E-state index in [1.54, 1.807) is 35.2 Å². The summed E-state index contributed by atoms with van der Waals surface area (Å²) in [5.41, 5.74) is 2.88. The van der Waals surface area contributed by atoms with Crippen LogP contribution in [0.1, 0.15) is 11.1 Å². The Labute approximate surface area is 168 Å². The van der Waals surface area contributed by atoms with E-state index < -0.39 is 4.92 Å². The van der Waals surface area contributed by atoms with Crippen LogP contribution >= 0.6 is 0 Å². The van der Waals surface area contributed by atoms with E-state index in [1.165, 1.54) is 18.2 Å². The van der Waals surface area contributed by atoms with Gasteiger partial charge in [0.25, 0.3) is 5.69 Å². The molecule has 0 aliphatic heterocycles. The van der Waals surface area contributed by atoms with Gasteiger partial charge in [-0.25, -0.2) is 4.68 Å². The zero-order valence-electron chi connectivity index (χ0n) is 16.1. The van der Waals surface area contributed by atoms with Crippen LogP contribution in [0.5, 0.6) is 0 Å². The third-order valence-corrected chi connectivity index (χ3v) is 4.28. The lowest BCUT2D eigenvalue weighted by atomic mass is 10.2. The number of amides is 1. The Bertz CT molecular complexity index is 1020. The van der Waals surface area contributed by atoms with Gasteiger partial charge in [0, 0.05) is 44.1 Å². The van der Waals surface area contributed by atoms with Crippen LogP contribution in [-0.4, -0.2) is 34.7 Å². The maximum atomic E-state index is 12.2. The summed E-state index contributed by atoms with van der Waals surface area (Å²) in [6.45, 7) is 0.530. The molecule has 29 heavy (non-hydrogen) atoms. The number of aromatic nitrogens is 2. The van der Waals surface area contributed by atoms with Crippen molar-refractivity contribution in [1.82, 2.24) is 9.78 Å². The molecule has 1 N–H and O–H groups in total. The Morgan fingerprint density at radius 1 is 1.14 bits per heavy atom.